The predicted molar refractivity (Wildman–Crippen MR) is 63.7 cm³/mol. The second-order valence-electron chi connectivity index (χ2n) is 3.48. The molecule has 1 aromatic heterocycles. The Balaban J connectivity index is 2.28. The standard InChI is InChI=1S/C11H18N4O2/c1-3-5-9-13-10(15-14-9)11(16)12-6-8-17-7-4-2/h4H,2-3,5-8H2,1H3,(H,12,16)(H,13,14,15). The zero-order chi connectivity index (χ0) is 12.5. The Bertz CT molecular complexity index is 362. The fourth-order valence-electron chi connectivity index (χ4n) is 1.23. The minimum atomic E-state index is -0.286. The first-order valence-corrected chi connectivity index (χ1v) is 5.66. The Kier molecular flexibility index (Phi) is 5.95. The lowest BCUT2D eigenvalue weighted by Gasteiger charge is -2.02. The van der Waals surface area contributed by atoms with Gasteiger partial charge in [-0.05, 0) is 6.42 Å². The van der Waals surface area contributed by atoms with Gasteiger partial charge in [-0.3, -0.25) is 9.89 Å². The summed E-state index contributed by atoms with van der Waals surface area (Å²) in [6, 6.07) is 0. The van der Waals surface area contributed by atoms with Crippen LogP contribution in [-0.2, 0) is 11.2 Å². The summed E-state index contributed by atoms with van der Waals surface area (Å²) in [5.74, 6) is 0.628. The van der Waals surface area contributed by atoms with Crippen molar-refractivity contribution in [2.75, 3.05) is 19.8 Å². The quantitative estimate of drug-likeness (QED) is 0.516. The van der Waals surface area contributed by atoms with E-state index in [1.54, 1.807) is 6.08 Å². The first-order chi connectivity index (χ1) is 8.27. The van der Waals surface area contributed by atoms with Gasteiger partial charge >= 0.3 is 0 Å². The number of aryl methyl sites for hydroxylation is 1. The van der Waals surface area contributed by atoms with Crippen molar-refractivity contribution in [2.24, 2.45) is 0 Å². The first-order valence-electron chi connectivity index (χ1n) is 5.66. The maximum absolute atomic E-state index is 11.6. The molecule has 0 radical (unpaired) electrons. The zero-order valence-corrected chi connectivity index (χ0v) is 10.0. The highest BCUT2D eigenvalue weighted by Crippen LogP contribution is 1.96. The maximum atomic E-state index is 11.6. The molecule has 2 N–H and O–H groups in total. The van der Waals surface area contributed by atoms with E-state index in [9.17, 15) is 4.79 Å². The number of carbonyl (C=O) groups excluding carboxylic acids is 1. The van der Waals surface area contributed by atoms with Gasteiger partial charge in [0.1, 0.15) is 5.82 Å². The van der Waals surface area contributed by atoms with Crippen LogP contribution < -0.4 is 5.32 Å². The lowest BCUT2D eigenvalue weighted by Crippen LogP contribution is -2.28. The number of aromatic nitrogens is 3. The summed E-state index contributed by atoms with van der Waals surface area (Å²) in [6.45, 7) is 6.93. The fraction of sp³-hybridized carbons (Fsp3) is 0.545. The largest absolute Gasteiger partial charge is 0.376 e. The number of carbonyl (C=O) groups is 1. The van der Waals surface area contributed by atoms with Crippen LogP contribution in [0.2, 0.25) is 0 Å². The Hall–Kier alpha value is -1.69. The molecule has 1 aromatic rings. The highest BCUT2D eigenvalue weighted by molar-refractivity contribution is 5.90. The van der Waals surface area contributed by atoms with Crippen LogP contribution in [-0.4, -0.2) is 40.8 Å². The Morgan fingerprint density at radius 2 is 2.47 bits per heavy atom. The number of amides is 1. The van der Waals surface area contributed by atoms with Crippen LogP contribution in [0.25, 0.3) is 0 Å². The van der Waals surface area contributed by atoms with Gasteiger partial charge in [0.25, 0.3) is 5.91 Å². The van der Waals surface area contributed by atoms with Crippen LogP contribution in [0, 0.1) is 0 Å². The van der Waals surface area contributed by atoms with E-state index in [1.165, 1.54) is 0 Å². The molecule has 0 aromatic carbocycles. The van der Waals surface area contributed by atoms with Gasteiger partial charge in [0.05, 0.1) is 13.2 Å². The van der Waals surface area contributed by atoms with Crippen LogP contribution in [0.3, 0.4) is 0 Å². The van der Waals surface area contributed by atoms with Crippen molar-refractivity contribution < 1.29 is 9.53 Å². The van der Waals surface area contributed by atoms with Crippen molar-refractivity contribution >= 4 is 5.91 Å². The zero-order valence-electron chi connectivity index (χ0n) is 10.0. The van der Waals surface area contributed by atoms with Gasteiger partial charge in [-0.25, -0.2) is 4.98 Å². The van der Waals surface area contributed by atoms with Gasteiger partial charge < -0.3 is 10.1 Å². The molecule has 0 saturated heterocycles. The lowest BCUT2D eigenvalue weighted by atomic mass is 10.3. The van der Waals surface area contributed by atoms with Gasteiger partial charge in [0, 0.05) is 13.0 Å². The van der Waals surface area contributed by atoms with Crippen molar-refractivity contribution in [1.29, 1.82) is 0 Å². The third-order valence-electron chi connectivity index (χ3n) is 1.99. The SMILES string of the molecule is C=CCOCCNC(=O)c1n[nH]c(CCC)n1. The monoisotopic (exact) mass is 238 g/mol. The number of nitrogens with one attached hydrogen (secondary N) is 2. The van der Waals surface area contributed by atoms with Crippen LogP contribution in [0.1, 0.15) is 29.8 Å². The van der Waals surface area contributed by atoms with Crippen molar-refractivity contribution in [3.05, 3.63) is 24.3 Å². The highest BCUT2D eigenvalue weighted by Gasteiger charge is 2.10. The number of ether oxygens (including phenoxy) is 1. The fourth-order valence-corrected chi connectivity index (χ4v) is 1.23. The number of aromatic amines is 1. The summed E-state index contributed by atoms with van der Waals surface area (Å²) in [4.78, 5) is 15.6. The molecule has 0 unspecified atom stereocenters. The molecule has 0 aliphatic rings. The van der Waals surface area contributed by atoms with Crippen LogP contribution in [0.15, 0.2) is 12.7 Å². The molecule has 17 heavy (non-hydrogen) atoms. The highest BCUT2D eigenvalue weighted by atomic mass is 16.5. The average molecular weight is 238 g/mol. The summed E-state index contributed by atoms with van der Waals surface area (Å²) in [6.07, 6.45) is 3.42. The minimum Gasteiger partial charge on any atom is -0.376 e. The third kappa shape index (κ3) is 4.78. The average Bonchev–Trinajstić information content (AvgIpc) is 2.78. The van der Waals surface area contributed by atoms with E-state index >= 15 is 0 Å². The molecule has 0 bridgehead atoms. The van der Waals surface area contributed by atoms with E-state index in [-0.39, 0.29) is 11.7 Å². The summed E-state index contributed by atoms with van der Waals surface area (Å²) in [7, 11) is 0. The maximum Gasteiger partial charge on any atom is 0.291 e. The molecule has 0 saturated carbocycles. The van der Waals surface area contributed by atoms with E-state index in [4.69, 9.17) is 4.74 Å². The molecule has 1 amide bonds. The second-order valence-corrected chi connectivity index (χ2v) is 3.48. The third-order valence-corrected chi connectivity index (χ3v) is 1.99. The minimum absolute atomic E-state index is 0.178. The van der Waals surface area contributed by atoms with E-state index in [2.05, 4.69) is 27.1 Å². The number of H-pyrrole nitrogens is 1. The molecule has 0 fully saturated rings. The van der Waals surface area contributed by atoms with Gasteiger partial charge in [0.2, 0.25) is 5.82 Å². The molecule has 0 atom stereocenters. The van der Waals surface area contributed by atoms with Crippen molar-refractivity contribution in [1.82, 2.24) is 20.5 Å². The van der Waals surface area contributed by atoms with Crippen molar-refractivity contribution in [2.45, 2.75) is 19.8 Å². The Morgan fingerprint density at radius 3 is 3.18 bits per heavy atom. The summed E-state index contributed by atoms with van der Waals surface area (Å²) >= 11 is 0. The molecule has 94 valence electrons. The number of nitrogens with zero attached hydrogens (tertiary/aromatic N) is 2. The summed E-state index contributed by atoms with van der Waals surface area (Å²) in [5, 5.41) is 9.25. The van der Waals surface area contributed by atoms with Crippen LogP contribution >= 0.6 is 0 Å². The smallest absolute Gasteiger partial charge is 0.291 e. The number of rotatable bonds is 8. The molecule has 0 aliphatic heterocycles. The van der Waals surface area contributed by atoms with Gasteiger partial charge in [0.15, 0.2) is 0 Å². The first kappa shape index (κ1) is 13.4. The molecule has 6 nitrogen and oxygen atoms in total. The lowest BCUT2D eigenvalue weighted by molar-refractivity contribution is 0.0919. The van der Waals surface area contributed by atoms with Crippen molar-refractivity contribution in [3.63, 3.8) is 0 Å². The summed E-state index contributed by atoms with van der Waals surface area (Å²) < 4.78 is 5.13. The molecular formula is C11H18N4O2. The van der Waals surface area contributed by atoms with E-state index in [0.717, 1.165) is 18.7 Å². The molecule has 1 rings (SSSR count). The molecular weight excluding hydrogens is 220 g/mol. The molecule has 0 aliphatic carbocycles. The van der Waals surface area contributed by atoms with E-state index < -0.39 is 0 Å². The second kappa shape index (κ2) is 7.56. The van der Waals surface area contributed by atoms with Crippen molar-refractivity contribution in [3.8, 4) is 0 Å². The summed E-state index contributed by atoms with van der Waals surface area (Å²) in [5.41, 5.74) is 0. The molecule has 6 heteroatoms. The van der Waals surface area contributed by atoms with Gasteiger partial charge in [-0.15, -0.1) is 11.7 Å². The number of hydrogen-bond donors (Lipinski definition) is 2. The predicted octanol–water partition coefficient (Wildman–Crippen LogP) is 0.690. The normalized spacial score (nSPS) is 10.2. The van der Waals surface area contributed by atoms with Gasteiger partial charge in [-0.1, -0.05) is 13.0 Å². The van der Waals surface area contributed by atoms with Crippen LogP contribution in [0.4, 0.5) is 0 Å². The van der Waals surface area contributed by atoms with Crippen LogP contribution in [0.5, 0.6) is 0 Å². The van der Waals surface area contributed by atoms with E-state index in [0.29, 0.717) is 19.8 Å². The Labute approximate surface area is 100 Å². The number of hydrogen-bond acceptors (Lipinski definition) is 4. The van der Waals surface area contributed by atoms with E-state index in [1.807, 2.05) is 6.92 Å². The Morgan fingerprint density at radius 1 is 1.65 bits per heavy atom. The molecule has 1 heterocycles. The topological polar surface area (TPSA) is 79.9 Å². The molecule has 0 spiro atoms. The van der Waals surface area contributed by atoms with Gasteiger partial charge in [-0.2, -0.15) is 0 Å².